The predicted octanol–water partition coefficient (Wildman–Crippen LogP) is 3.31. The van der Waals surface area contributed by atoms with Crippen LogP contribution in [0.5, 0.6) is 0 Å². The summed E-state index contributed by atoms with van der Waals surface area (Å²) in [4.78, 5) is 5.64. The van der Waals surface area contributed by atoms with E-state index in [1.807, 2.05) is 35.8 Å². The Morgan fingerprint density at radius 2 is 2.00 bits per heavy atom. The highest BCUT2D eigenvalue weighted by Gasteiger charge is 2.01. The summed E-state index contributed by atoms with van der Waals surface area (Å²) in [5.74, 6) is 2.21. The topological polar surface area (TPSA) is 12.9 Å². The van der Waals surface area contributed by atoms with Crippen molar-refractivity contribution in [1.29, 1.82) is 0 Å². The van der Waals surface area contributed by atoms with Crippen LogP contribution in [-0.2, 0) is 0 Å². The van der Waals surface area contributed by atoms with E-state index < -0.39 is 0 Å². The number of nitrogens with zero attached hydrogens (tertiary/aromatic N) is 1. The fourth-order valence-corrected chi connectivity index (χ4v) is 2.52. The van der Waals surface area contributed by atoms with Gasteiger partial charge in [-0.15, -0.1) is 23.5 Å². The van der Waals surface area contributed by atoms with Crippen molar-refractivity contribution in [3.63, 3.8) is 0 Å². The molecule has 0 atom stereocenters. The third kappa shape index (κ3) is 2.72. The van der Waals surface area contributed by atoms with Gasteiger partial charge in [0.2, 0.25) is 0 Å². The van der Waals surface area contributed by atoms with Crippen molar-refractivity contribution in [3.05, 3.63) is 18.3 Å². The average molecular weight is 199 g/mol. The first-order valence-corrected chi connectivity index (χ1v) is 6.06. The summed E-state index contributed by atoms with van der Waals surface area (Å²) in [5, 5.41) is 1.17. The zero-order valence-corrected chi connectivity index (χ0v) is 9.04. The number of pyridine rings is 1. The summed E-state index contributed by atoms with van der Waals surface area (Å²) >= 11 is 3.67. The molecule has 0 saturated heterocycles. The molecule has 1 rings (SSSR count). The Bertz CT molecular complexity index is 213. The molecule has 0 unspecified atom stereocenters. The van der Waals surface area contributed by atoms with Gasteiger partial charge in [-0.25, -0.2) is 4.98 Å². The molecule has 0 radical (unpaired) electrons. The fourth-order valence-electron chi connectivity index (χ4n) is 0.887. The van der Waals surface area contributed by atoms with Crippen LogP contribution in [0.15, 0.2) is 28.3 Å². The largest absolute Gasteiger partial charge is 0.249 e. The van der Waals surface area contributed by atoms with Gasteiger partial charge >= 0.3 is 0 Å². The molecule has 0 aliphatic heterocycles. The van der Waals surface area contributed by atoms with Gasteiger partial charge in [-0.1, -0.05) is 13.8 Å². The second-order valence-electron chi connectivity index (χ2n) is 2.17. The second-order valence-corrected chi connectivity index (χ2v) is 4.73. The van der Waals surface area contributed by atoms with E-state index in [1.54, 1.807) is 0 Å². The first-order valence-electron chi connectivity index (χ1n) is 4.09. The number of rotatable bonds is 4. The molecule has 0 aliphatic rings. The Balaban J connectivity index is 2.77. The van der Waals surface area contributed by atoms with Crippen molar-refractivity contribution in [1.82, 2.24) is 4.98 Å². The Morgan fingerprint density at radius 1 is 1.25 bits per heavy atom. The SMILES string of the molecule is CCSc1cccnc1SCC. The Hall–Kier alpha value is -0.150. The van der Waals surface area contributed by atoms with Gasteiger partial charge in [-0.05, 0) is 23.6 Å². The third-order valence-electron chi connectivity index (χ3n) is 1.32. The Kier molecular flexibility index (Phi) is 4.54. The first kappa shape index (κ1) is 9.93. The Morgan fingerprint density at radius 3 is 2.67 bits per heavy atom. The van der Waals surface area contributed by atoms with Gasteiger partial charge in [0, 0.05) is 11.1 Å². The van der Waals surface area contributed by atoms with Crippen molar-refractivity contribution >= 4 is 23.5 Å². The average Bonchev–Trinajstić information content (AvgIpc) is 2.09. The van der Waals surface area contributed by atoms with E-state index in [1.165, 1.54) is 9.92 Å². The summed E-state index contributed by atoms with van der Waals surface area (Å²) in [7, 11) is 0. The maximum Gasteiger partial charge on any atom is 0.110 e. The second kappa shape index (κ2) is 5.49. The van der Waals surface area contributed by atoms with E-state index in [0.717, 1.165) is 11.5 Å². The smallest absolute Gasteiger partial charge is 0.110 e. The minimum absolute atomic E-state index is 1.09. The van der Waals surface area contributed by atoms with Crippen LogP contribution in [0.2, 0.25) is 0 Å². The van der Waals surface area contributed by atoms with Crippen molar-refractivity contribution in [2.75, 3.05) is 11.5 Å². The molecular formula is C9H13NS2. The van der Waals surface area contributed by atoms with E-state index in [4.69, 9.17) is 0 Å². The van der Waals surface area contributed by atoms with Crippen molar-refractivity contribution < 1.29 is 0 Å². The third-order valence-corrected chi connectivity index (χ3v) is 3.26. The summed E-state index contributed by atoms with van der Waals surface area (Å²) in [5.41, 5.74) is 0. The number of hydrogen-bond acceptors (Lipinski definition) is 3. The highest BCUT2D eigenvalue weighted by atomic mass is 32.2. The number of hydrogen-bond donors (Lipinski definition) is 0. The van der Waals surface area contributed by atoms with Crippen LogP contribution in [-0.4, -0.2) is 16.5 Å². The van der Waals surface area contributed by atoms with E-state index >= 15 is 0 Å². The molecule has 0 aromatic carbocycles. The van der Waals surface area contributed by atoms with Crippen LogP contribution in [0.1, 0.15) is 13.8 Å². The minimum Gasteiger partial charge on any atom is -0.249 e. The number of thioether (sulfide) groups is 2. The molecule has 0 bridgehead atoms. The van der Waals surface area contributed by atoms with E-state index in [-0.39, 0.29) is 0 Å². The molecule has 0 saturated carbocycles. The molecule has 0 spiro atoms. The van der Waals surface area contributed by atoms with Gasteiger partial charge in [0.05, 0.1) is 0 Å². The minimum atomic E-state index is 1.09. The van der Waals surface area contributed by atoms with Gasteiger partial charge < -0.3 is 0 Å². The lowest BCUT2D eigenvalue weighted by Crippen LogP contribution is -1.84. The molecule has 66 valence electrons. The lowest BCUT2D eigenvalue weighted by Gasteiger charge is -2.03. The highest BCUT2D eigenvalue weighted by molar-refractivity contribution is 8.02. The summed E-state index contributed by atoms with van der Waals surface area (Å²) in [6.07, 6.45) is 1.86. The van der Waals surface area contributed by atoms with Crippen molar-refractivity contribution in [2.24, 2.45) is 0 Å². The standard InChI is InChI=1S/C9H13NS2/c1-3-11-8-6-5-7-10-9(8)12-4-2/h5-7H,3-4H2,1-2H3. The van der Waals surface area contributed by atoms with Crippen molar-refractivity contribution in [2.45, 2.75) is 23.8 Å². The van der Waals surface area contributed by atoms with Crippen LogP contribution in [0.25, 0.3) is 0 Å². The van der Waals surface area contributed by atoms with Gasteiger partial charge in [0.25, 0.3) is 0 Å². The Labute approximate surface area is 82.4 Å². The molecule has 0 fully saturated rings. The zero-order chi connectivity index (χ0) is 8.81. The summed E-state index contributed by atoms with van der Waals surface area (Å²) in [6, 6.07) is 4.14. The molecular weight excluding hydrogens is 186 g/mol. The normalized spacial score (nSPS) is 10.2. The van der Waals surface area contributed by atoms with Crippen LogP contribution in [0.3, 0.4) is 0 Å². The lowest BCUT2D eigenvalue weighted by atomic mass is 10.5. The zero-order valence-electron chi connectivity index (χ0n) is 7.41. The lowest BCUT2D eigenvalue weighted by molar-refractivity contribution is 1.03. The van der Waals surface area contributed by atoms with Gasteiger partial charge in [0.1, 0.15) is 5.03 Å². The fraction of sp³-hybridized carbons (Fsp3) is 0.444. The molecule has 0 N–H and O–H groups in total. The van der Waals surface area contributed by atoms with E-state index in [0.29, 0.717) is 0 Å². The van der Waals surface area contributed by atoms with Crippen LogP contribution in [0.4, 0.5) is 0 Å². The summed E-state index contributed by atoms with van der Waals surface area (Å²) in [6.45, 7) is 4.32. The van der Waals surface area contributed by atoms with Crippen LogP contribution >= 0.6 is 23.5 Å². The molecule has 3 heteroatoms. The molecule has 0 amide bonds. The molecule has 12 heavy (non-hydrogen) atoms. The summed E-state index contributed by atoms with van der Waals surface area (Å²) < 4.78 is 0. The molecule has 1 aromatic heterocycles. The predicted molar refractivity (Wildman–Crippen MR) is 57.0 cm³/mol. The quantitative estimate of drug-likeness (QED) is 0.691. The van der Waals surface area contributed by atoms with Gasteiger partial charge in [-0.3, -0.25) is 0 Å². The van der Waals surface area contributed by atoms with Gasteiger partial charge in [-0.2, -0.15) is 0 Å². The maximum atomic E-state index is 4.33. The molecule has 1 nitrogen and oxygen atoms in total. The van der Waals surface area contributed by atoms with Crippen molar-refractivity contribution in [3.8, 4) is 0 Å². The molecule has 0 aliphatic carbocycles. The van der Waals surface area contributed by atoms with Crippen LogP contribution < -0.4 is 0 Å². The highest BCUT2D eigenvalue weighted by Crippen LogP contribution is 2.27. The molecule has 1 heterocycles. The maximum absolute atomic E-state index is 4.33. The monoisotopic (exact) mass is 199 g/mol. The first-order chi connectivity index (χ1) is 5.88. The van der Waals surface area contributed by atoms with E-state index in [2.05, 4.69) is 24.9 Å². The van der Waals surface area contributed by atoms with Gasteiger partial charge in [0.15, 0.2) is 0 Å². The van der Waals surface area contributed by atoms with E-state index in [9.17, 15) is 0 Å². The molecule has 1 aromatic rings. The number of aromatic nitrogens is 1. The van der Waals surface area contributed by atoms with Crippen LogP contribution in [0, 0.1) is 0 Å².